The molecule has 0 saturated heterocycles. The van der Waals surface area contributed by atoms with E-state index in [2.05, 4.69) is 15.3 Å². The van der Waals surface area contributed by atoms with Gasteiger partial charge in [-0.3, -0.25) is 14.6 Å². The van der Waals surface area contributed by atoms with E-state index in [4.69, 9.17) is 11.6 Å². The molecule has 1 aromatic carbocycles. The zero-order valence-corrected chi connectivity index (χ0v) is 18.1. The van der Waals surface area contributed by atoms with Crippen LogP contribution in [0.25, 0.3) is 0 Å². The number of nitrogens with one attached hydrogen (secondary N) is 1. The molecule has 0 aliphatic carbocycles. The second-order valence-electron chi connectivity index (χ2n) is 7.01. The van der Waals surface area contributed by atoms with E-state index in [0.717, 1.165) is 6.54 Å². The van der Waals surface area contributed by atoms with Crippen molar-refractivity contribution >= 4 is 46.3 Å². The Bertz CT molecular complexity index is 1180. The lowest BCUT2D eigenvalue weighted by atomic mass is 10.0. The normalized spacial score (nSPS) is 13.3. The molecule has 0 radical (unpaired) electrons. The molecule has 3 aromatic rings. The Morgan fingerprint density at radius 1 is 1.26 bits per heavy atom. The van der Waals surface area contributed by atoms with Gasteiger partial charge >= 0.3 is 0 Å². The molecule has 31 heavy (non-hydrogen) atoms. The maximum Gasteiger partial charge on any atom is 0.267 e. The SMILES string of the molecule is CN1CCN=C1c1ccc(C(=O)Cc2ccsc2C(=O)Nc2ccc(Cl)cn2)c(F)c1. The van der Waals surface area contributed by atoms with Crippen molar-refractivity contribution in [3.05, 3.63) is 80.4 Å². The number of likely N-dealkylation sites (N-methyl/N-ethyl adjacent to an activating group) is 1. The molecule has 0 bridgehead atoms. The molecule has 1 amide bonds. The van der Waals surface area contributed by atoms with Gasteiger partial charge in [0.25, 0.3) is 5.91 Å². The lowest BCUT2D eigenvalue weighted by Gasteiger charge is -2.14. The third-order valence-electron chi connectivity index (χ3n) is 4.86. The first kappa shape index (κ1) is 21.1. The van der Waals surface area contributed by atoms with E-state index in [9.17, 15) is 14.0 Å². The number of halogens is 2. The van der Waals surface area contributed by atoms with Crippen LogP contribution >= 0.6 is 22.9 Å². The molecule has 0 fully saturated rings. The van der Waals surface area contributed by atoms with Crippen LogP contribution in [0.15, 0.2) is 53.0 Å². The molecule has 0 unspecified atom stereocenters. The molecule has 158 valence electrons. The van der Waals surface area contributed by atoms with Crippen LogP contribution < -0.4 is 5.32 Å². The van der Waals surface area contributed by atoms with Gasteiger partial charge in [0.1, 0.15) is 17.5 Å². The zero-order valence-electron chi connectivity index (χ0n) is 16.6. The maximum absolute atomic E-state index is 14.7. The molecule has 9 heteroatoms. The highest BCUT2D eigenvalue weighted by atomic mass is 35.5. The molecule has 4 rings (SSSR count). The number of Topliss-reactive ketones (excluding diaryl/α,β-unsaturated/α-hetero) is 1. The number of carbonyl (C=O) groups is 2. The van der Waals surface area contributed by atoms with Crippen molar-refractivity contribution in [2.75, 3.05) is 25.5 Å². The lowest BCUT2D eigenvalue weighted by Crippen LogP contribution is -2.23. The molecule has 0 spiro atoms. The number of thiophene rings is 1. The smallest absolute Gasteiger partial charge is 0.267 e. The van der Waals surface area contributed by atoms with Crippen molar-refractivity contribution in [3.8, 4) is 0 Å². The summed E-state index contributed by atoms with van der Waals surface area (Å²) in [7, 11) is 1.89. The number of amides is 1. The van der Waals surface area contributed by atoms with Crippen molar-refractivity contribution in [2.24, 2.45) is 4.99 Å². The summed E-state index contributed by atoms with van der Waals surface area (Å²) in [4.78, 5) is 36.1. The Hall–Kier alpha value is -3.10. The fraction of sp³-hybridized carbons (Fsp3) is 0.182. The highest BCUT2D eigenvalue weighted by Crippen LogP contribution is 2.22. The van der Waals surface area contributed by atoms with E-state index in [1.165, 1.54) is 29.7 Å². The van der Waals surface area contributed by atoms with Crippen LogP contribution in [-0.4, -0.2) is 47.5 Å². The number of benzene rings is 1. The number of amidine groups is 1. The standard InChI is InChI=1S/C22H18ClFN4O2S/c1-28-8-7-25-21(28)14-2-4-16(17(24)10-14)18(29)11-13-6-9-31-20(13)22(30)27-19-5-3-15(23)12-26-19/h2-6,9-10,12H,7-8,11H2,1H3,(H,26,27,30). The molecule has 0 atom stereocenters. The van der Waals surface area contributed by atoms with Crippen LogP contribution in [0.4, 0.5) is 10.2 Å². The van der Waals surface area contributed by atoms with Crippen molar-refractivity contribution in [2.45, 2.75) is 6.42 Å². The van der Waals surface area contributed by atoms with Crippen LogP contribution in [0, 0.1) is 5.82 Å². The largest absolute Gasteiger partial charge is 0.358 e. The van der Waals surface area contributed by atoms with E-state index in [1.54, 1.807) is 29.6 Å². The van der Waals surface area contributed by atoms with Crippen molar-refractivity contribution in [1.29, 1.82) is 0 Å². The van der Waals surface area contributed by atoms with Gasteiger partial charge in [-0.25, -0.2) is 9.37 Å². The predicted molar refractivity (Wildman–Crippen MR) is 120 cm³/mol. The number of ketones is 1. The molecule has 3 heterocycles. The molecule has 1 aliphatic heterocycles. The van der Waals surface area contributed by atoms with Crippen LogP contribution in [0.1, 0.15) is 31.2 Å². The summed E-state index contributed by atoms with van der Waals surface area (Å²) in [6.07, 6.45) is 1.34. The minimum atomic E-state index is -0.600. The topological polar surface area (TPSA) is 74.7 Å². The lowest BCUT2D eigenvalue weighted by molar-refractivity contribution is 0.0989. The summed E-state index contributed by atoms with van der Waals surface area (Å²) in [5.74, 6) is -0.322. The average molecular weight is 457 g/mol. The van der Waals surface area contributed by atoms with Gasteiger partial charge in [0.15, 0.2) is 5.78 Å². The quantitative estimate of drug-likeness (QED) is 0.561. The van der Waals surface area contributed by atoms with Crippen LogP contribution in [-0.2, 0) is 6.42 Å². The van der Waals surface area contributed by atoms with Crippen molar-refractivity contribution in [3.63, 3.8) is 0 Å². The summed E-state index contributed by atoms with van der Waals surface area (Å²) >= 11 is 7.01. The zero-order chi connectivity index (χ0) is 22.0. The Kier molecular flexibility index (Phi) is 6.11. The summed E-state index contributed by atoms with van der Waals surface area (Å²) < 4.78 is 14.7. The van der Waals surface area contributed by atoms with E-state index in [1.807, 2.05) is 11.9 Å². The second-order valence-corrected chi connectivity index (χ2v) is 8.36. The average Bonchev–Trinajstić information content (AvgIpc) is 3.38. The molecule has 0 saturated carbocycles. The molecule has 2 aromatic heterocycles. The summed E-state index contributed by atoms with van der Waals surface area (Å²) in [6, 6.07) is 9.41. The van der Waals surface area contributed by atoms with Crippen LogP contribution in [0.5, 0.6) is 0 Å². The van der Waals surface area contributed by atoms with Crippen molar-refractivity contribution < 1.29 is 14.0 Å². The van der Waals surface area contributed by atoms with E-state index < -0.39 is 11.6 Å². The third-order valence-corrected chi connectivity index (χ3v) is 6.04. The molecule has 1 aliphatic rings. The van der Waals surface area contributed by atoms with Gasteiger partial charge in [0, 0.05) is 31.8 Å². The first-order valence-electron chi connectivity index (χ1n) is 9.50. The minimum Gasteiger partial charge on any atom is -0.358 e. The number of hydrogen-bond donors (Lipinski definition) is 1. The van der Waals surface area contributed by atoms with E-state index >= 15 is 0 Å². The van der Waals surface area contributed by atoms with Crippen molar-refractivity contribution in [1.82, 2.24) is 9.88 Å². The minimum absolute atomic E-state index is 0.0121. The Labute approximate surface area is 187 Å². The van der Waals surface area contributed by atoms with Gasteiger partial charge in [-0.2, -0.15) is 0 Å². The number of anilines is 1. The van der Waals surface area contributed by atoms with Gasteiger partial charge in [0.2, 0.25) is 0 Å². The number of rotatable bonds is 6. The Balaban J connectivity index is 1.49. The van der Waals surface area contributed by atoms with E-state index in [0.29, 0.717) is 39.2 Å². The van der Waals surface area contributed by atoms with Gasteiger partial charge < -0.3 is 10.2 Å². The highest BCUT2D eigenvalue weighted by Gasteiger charge is 2.21. The number of nitrogens with zero attached hydrogens (tertiary/aromatic N) is 3. The van der Waals surface area contributed by atoms with Gasteiger partial charge in [-0.05, 0) is 41.3 Å². The van der Waals surface area contributed by atoms with E-state index in [-0.39, 0.29) is 17.9 Å². The first-order valence-corrected chi connectivity index (χ1v) is 10.8. The number of pyridine rings is 1. The number of hydrogen-bond acceptors (Lipinski definition) is 6. The maximum atomic E-state index is 14.7. The van der Waals surface area contributed by atoms with Gasteiger partial charge in [-0.15, -0.1) is 11.3 Å². The molecule has 1 N–H and O–H groups in total. The summed E-state index contributed by atoms with van der Waals surface area (Å²) in [5.41, 5.74) is 1.16. The van der Waals surface area contributed by atoms with Gasteiger partial charge in [-0.1, -0.05) is 17.7 Å². The second kappa shape index (κ2) is 8.95. The Morgan fingerprint density at radius 2 is 2.10 bits per heavy atom. The third kappa shape index (κ3) is 4.65. The fourth-order valence-corrected chi connectivity index (χ4v) is 4.22. The highest BCUT2D eigenvalue weighted by molar-refractivity contribution is 7.12. The van der Waals surface area contributed by atoms with Crippen LogP contribution in [0.3, 0.4) is 0 Å². The molecular formula is C22H18ClFN4O2S. The molecule has 6 nitrogen and oxygen atoms in total. The molecular weight excluding hydrogens is 439 g/mol. The first-order chi connectivity index (χ1) is 14.9. The van der Waals surface area contributed by atoms with Crippen LogP contribution in [0.2, 0.25) is 5.02 Å². The summed E-state index contributed by atoms with van der Waals surface area (Å²) in [6.45, 7) is 1.45. The predicted octanol–water partition coefficient (Wildman–Crippen LogP) is 4.31. The fourth-order valence-electron chi connectivity index (χ4n) is 3.29. The number of aliphatic imine (C=N–C) groups is 1. The monoisotopic (exact) mass is 456 g/mol. The summed E-state index contributed by atoms with van der Waals surface area (Å²) in [5, 5.41) is 4.86. The number of carbonyl (C=O) groups excluding carboxylic acids is 2. The number of aromatic nitrogens is 1. The van der Waals surface area contributed by atoms with Gasteiger partial charge in [0.05, 0.1) is 22.0 Å². The Morgan fingerprint density at radius 3 is 2.77 bits per heavy atom.